The number of aromatic nitrogens is 2. The van der Waals surface area contributed by atoms with Gasteiger partial charge >= 0.3 is 0 Å². The molecule has 3 heteroatoms. The molecule has 0 fully saturated rings. The number of rotatable bonds is 4. The fourth-order valence-electron chi connectivity index (χ4n) is 1.82. The molecular weight excluding hydrogens is 210 g/mol. The molecule has 88 valence electrons. The second-order valence-electron chi connectivity index (χ2n) is 4.30. The normalized spacial score (nSPS) is 12.4. The van der Waals surface area contributed by atoms with Gasteiger partial charge in [0, 0.05) is 30.8 Å². The van der Waals surface area contributed by atoms with Crippen LogP contribution in [0.15, 0.2) is 43.0 Å². The molecule has 17 heavy (non-hydrogen) atoms. The fraction of sp³-hybridized carbons (Fsp3) is 0.286. The zero-order chi connectivity index (χ0) is 12.1. The Morgan fingerprint density at radius 1 is 1.24 bits per heavy atom. The zero-order valence-corrected chi connectivity index (χ0v) is 10.0. The maximum Gasteiger partial charge on any atom is 0.0315 e. The molecule has 2 heterocycles. The van der Waals surface area contributed by atoms with Crippen molar-refractivity contribution in [3.8, 4) is 0 Å². The Balaban J connectivity index is 1.96. The molecule has 0 radical (unpaired) electrons. The van der Waals surface area contributed by atoms with Crippen molar-refractivity contribution in [3.63, 3.8) is 0 Å². The van der Waals surface area contributed by atoms with E-state index in [9.17, 15) is 0 Å². The number of aryl methyl sites for hydroxylation is 2. The van der Waals surface area contributed by atoms with E-state index in [2.05, 4.69) is 22.1 Å². The van der Waals surface area contributed by atoms with Crippen molar-refractivity contribution in [1.29, 1.82) is 0 Å². The molecule has 0 saturated heterocycles. The molecule has 0 aliphatic rings. The van der Waals surface area contributed by atoms with Gasteiger partial charge in [0.1, 0.15) is 0 Å². The van der Waals surface area contributed by atoms with Gasteiger partial charge in [-0.25, -0.2) is 0 Å². The molecule has 3 nitrogen and oxygen atoms in total. The van der Waals surface area contributed by atoms with Gasteiger partial charge < -0.3 is 5.73 Å². The first kappa shape index (κ1) is 11.7. The quantitative estimate of drug-likeness (QED) is 0.872. The van der Waals surface area contributed by atoms with Crippen LogP contribution in [0.5, 0.6) is 0 Å². The lowest BCUT2D eigenvalue weighted by Gasteiger charge is -2.11. The molecule has 2 N–H and O–H groups in total. The van der Waals surface area contributed by atoms with Gasteiger partial charge in [0.05, 0.1) is 0 Å². The van der Waals surface area contributed by atoms with Gasteiger partial charge in [-0.15, -0.1) is 0 Å². The van der Waals surface area contributed by atoms with Crippen molar-refractivity contribution < 1.29 is 0 Å². The number of pyridine rings is 2. The Bertz CT molecular complexity index is 468. The van der Waals surface area contributed by atoms with Crippen molar-refractivity contribution in [1.82, 2.24) is 9.97 Å². The second kappa shape index (κ2) is 5.55. The summed E-state index contributed by atoms with van der Waals surface area (Å²) in [5, 5.41) is 0. The predicted octanol–water partition coefficient (Wildman–Crippen LogP) is 2.42. The third-order valence-electron chi connectivity index (χ3n) is 2.79. The lowest BCUT2D eigenvalue weighted by Crippen LogP contribution is -2.11. The molecular formula is C14H17N3. The maximum atomic E-state index is 6.15. The Morgan fingerprint density at radius 3 is 2.82 bits per heavy atom. The summed E-state index contributed by atoms with van der Waals surface area (Å²) in [5.41, 5.74) is 9.63. The standard InChI is InChI=1S/C14H17N3/c1-11-7-13(10-17-8-11)14(15)5-4-12-3-2-6-16-9-12/h2-3,6-10,14H,4-5,15H2,1H3. The van der Waals surface area contributed by atoms with E-state index in [0.717, 1.165) is 24.0 Å². The lowest BCUT2D eigenvalue weighted by molar-refractivity contribution is 0.647. The Morgan fingerprint density at radius 2 is 2.12 bits per heavy atom. The summed E-state index contributed by atoms with van der Waals surface area (Å²) in [4.78, 5) is 8.26. The first-order valence-electron chi connectivity index (χ1n) is 5.82. The molecule has 0 spiro atoms. The average Bonchev–Trinajstić information content (AvgIpc) is 2.37. The van der Waals surface area contributed by atoms with Crippen LogP contribution in [0.2, 0.25) is 0 Å². The Hall–Kier alpha value is -1.74. The van der Waals surface area contributed by atoms with Gasteiger partial charge in [0.15, 0.2) is 0 Å². The number of hydrogen-bond acceptors (Lipinski definition) is 3. The average molecular weight is 227 g/mol. The lowest BCUT2D eigenvalue weighted by atomic mass is 10.0. The number of nitrogens with two attached hydrogens (primary N) is 1. The summed E-state index contributed by atoms with van der Waals surface area (Å²) < 4.78 is 0. The highest BCUT2D eigenvalue weighted by Gasteiger charge is 2.06. The van der Waals surface area contributed by atoms with Gasteiger partial charge in [-0.2, -0.15) is 0 Å². The summed E-state index contributed by atoms with van der Waals surface area (Å²) in [6, 6.07) is 6.17. The minimum atomic E-state index is 0.0441. The van der Waals surface area contributed by atoms with Crippen LogP contribution in [0.4, 0.5) is 0 Å². The van der Waals surface area contributed by atoms with E-state index in [4.69, 9.17) is 5.73 Å². The van der Waals surface area contributed by atoms with Crippen LogP contribution >= 0.6 is 0 Å². The topological polar surface area (TPSA) is 51.8 Å². The molecule has 0 aliphatic heterocycles. The van der Waals surface area contributed by atoms with Crippen LogP contribution in [-0.2, 0) is 6.42 Å². The van der Waals surface area contributed by atoms with Crippen LogP contribution in [0.3, 0.4) is 0 Å². The van der Waals surface area contributed by atoms with Crippen LogP contribution in [0, 0.1) is 6.92 Å². The monoisotopic (exact) mass is 227 g/mol. The summed E-state index contributed by atoms with van der Waals surface area (Å²) in [6.07, 6.45) is 9.23. The van der Waals surface area contributed by atoms with E-state index in [-0.39, 0.29) is 6.04 Å². The van der Waals surface area contributed by atoms with E-state index < -0.39 is 0 Å². The first-order chi connectivity index (χ1) is 8.25. The van der Waals surface area contributed by atoms with E-state index in [1.54, 1.807) is 6.20 Å². The molecule has 2 rings (SSSR count). The summed E-state index contributed by atoms with van der Waals surface area (Å²) >= 11 is 0. The molecule has 0 aliphatic carbocycles. The summed E-state index contributed by atoms with van der Waals surface area (Å²) in [5.74, 6) is 0. The van der Waals surface area contributed by atoms with Crippen molar-refractivity contribution in [2.75, 3.05) is 0 Å². The van der Waals surface area contributed by atoms with Gasteiger partial charge in [-0.05, 0) is 42.5 Å². The van der Waals surface area contributed by atoms with Crippen LogP contribution < -0.4 is 5.73 Å². The van der Waals surface area contributed by atoms with E-state index in [1.807, 2.05) is 31.6 Å². The summed E-state index contributed by atoms with van der Waals surface area (Å²) in [6.45, 7) is 2.03. The molecule has 1 atom stereocenters. The van der Waals surface area contributed by atoms with Crippen molar-refractivity contribution in [3.05, 3.63) is 59.7 Å². The third kappa shape index (κ3) is 3.36. The highest BCUT2D eigenvalue weighted by molar-refractivity contribution is 5.20. The minimum absolute atomic E-state index is 0.0441. The molecule has 2 aromatic rings. The van der Waals surface area contributed by atoms with E-state index >= 15 is 0 Å². The molecule has 0 amide bonds. The van der Waals surface area contributed by atoms with Crippen molar-refractivity contribution in [2.24, 2.45) is 5.73 Å². The van der Waals surface area contributed by atoms with Gasteiger partial charge in [0.25, 0.3) is 0 Å². The molecule has 0 aromatic carbocycles. The van der Waals surface area contributed by atoms with Gasteiger partial charge in [0.2, 0.25) is 0 Å². The maximum absolute atomic E-state index is 6.15. The summed E-state index contributed by atoms with van der Waals surface area (Å²) in [7, 11) is 0. The van der Waals surface area contributed by atoms with Crippen LogP contribution in [0.1, 0.15) is 29.2 Å². The second-order valence-corrected chi connectivity index (χ2v) is 4.30. The predicted molar refractivity (Wildman–Crippen MR) is 68.5 cm³/mol. The fourth-order valence-corrected chi connectivity index (χ4v) is 1.82. The van der Waals surface area contributed by atoms with Crippen molar-refractivity contribution >= 4 is 0 Å². The van der Waals surface area contributed by atoms with E-state index in [1.165, 1.54) is 5.56 Å². The zero-order valence-electron chi connectivity index (χ0n) is 10.0. The van der Waals surface area contributed by atoms with E-state index in [0.29, 0.717) is 0 Å². The SMILES string of the molecule is Cc1cncc(C(N)CCc2cccnc2)c1. The van der Waals surface area contributed by atoms with Gasteiger partial charge in [-0.3, -0.25) is 9.97 Å². The number of hydrogen-bond donors (Lipinski definition) is 1. The minimum Gasteiger partial charge on any atom is -0.324 e. The first-order valence-corrected chi connectivity index (χ1v) is 5.82. The third-order valence-corrected chi connectivity index (χ3v) is 2.79. The molecule has 2 aromatic heterocycles. The highest BCUT2D eigenvalue weighted by Crippen LogP contribution is 2.16. The molecule has 0 saturated carbocycles. The Kier molecular flexibility index (Phi) is 3.83. The highest BCUT2D eigenvalue weighted by atomic mass is 14.7. The van der Waals surface area contributed by atoms with Crippen molar-refractivity contribution in [2.45, 2.75) is 25.8 Å². The molecule has 1 unspecified atom stereocenters. The largest absolute Gasteiger partial charge is 0.324 e. The smallest absolute Gasteiger partial charge is 0.0315 e. The van der Waals surface area contributed by atoms with Crippen LogP contribution in [0.25, 0.3) is 0 Å². The van der Waals surface area contributed by atoms with Gasteiger partial charge in [-0.1, -0.05) is 12.1 Å². The molecule has 0 bridgehead atoms. The number of nitrogens with zero attached hydrogens (tertiary/aromatic N) is 2. The Labute approximate surface area is 102 Å². The van der Waals surface area contributed by atoms with Crippen LogP contribution in [-0.4, -0.2) is 9.97 Å².